The fourth-order valence-corrected chi connectivity index (χ4v) is 1.76. The van der Waals surface area contributed by atoms with Crippen molar-refractivity contribution in [3.63, 3.8) is 0 Å². The second-order valence-corrected chi connectivity index (χ2v) is 3.97. The van der Waals surface area contributed by atoms with Gasteiger partial charge in [0.15, 0.2) is 11.6 Å². The average Bonchev–Trinajstić information content (AvgIpc) is 2.36. The van der Waals surface area contributed by atoms with E-state index in [1.54, 1.807) is 19.2 Å². The number of hydrogen-bond donors (Lipinski definition) is 1. The first-order valence-corrected chi connectivity index (χ1v) is 5.50. The van der Waals surface area contributed by atoms with Gasteiger partial charge in [0.25, 0.3) is 0 Å². The molecule has 0 bridgehead atoms. The van der Waals surface area contributed by atoms with Crippen LogP contribution in [-0.2, 0) is 6.54 Å². The summed E-state index contributed by atoms with van der Waals surface area (Å²) in [4.78, 5) is 0. The Morgan fingerprint density at radius 3 is 2.06 bits per heavy atom. The van der Waals surface area contributed by atoms with Crippen LogP contribution in [0.2, 0.25) is 0 Å². The van der Waals surface area contributed by atoms with Crippen LogP contribution in [0.3, 0.4) is 0 Å². The smallest absolute Gasteiger partial charge is 0.159 e. The third kappa shape index (κ3) is 2.54. The average molecular weight is 251 g/mol. The molecule has 0 amide bonds. The molecule has 0 fully saturated rings. The molecule has 1 N–H and O–H groups in total. The molecular formula is C14H12F3N. The van der Waals surface area contributed by atoms with Crippen LogP contribution >= 0.6 is 0 Å². The van der Waals surface area contributed by atoms with E-state index in [1.165, 1.54) is 12.1 Å². The van der Waals surface area contributed by atoms with Gasteiger partial charge in [0, 0.05) is 12.1 Å². The first-order valence-electron chi connectivity index (χ1n) is 5.50. The van der Waals surface area contributed by atoms with E-state index < -0.39 is 11.6 Å². The highest BCUT2D eigenvalue weighted by atomic mass is 19.2. The maximum absolute atomic E-state index is 13.4. The Kier molecular flexibility index (Phi) is 3.67. The Morgan fingerprint density at radius 2 is 1.44 bits per heavy atom. The van der Waals surface area contributed by atoms with Crippen molar-refractivity contribution in [3.05, 3.63) is 59.4 Å². The van der Waals surface area contributed by atoms with Gasteiger partial charge in [0.2, 0.25) is 0 Å². The third-order valence-electron chi connectivity index (χ3n) is 2.67. The molecule has 0 spiro atoms. The molecule has 2 rings (SSSR count). The molecule has 0 atom stereocenters. The highest BCUT2D eigenvalue weighted by Crippen LogP contribution is 2.23. The Balaban J connectivity index is 2.44. The van der Waals surface area contributed by atoms with Crippen molar-refractivity contribution in [3.8, 4) is 11.1 Å². The molecule has 0 aliphatic rings. The molecular weight excluding hydrogens is 239 g/mol. The molecule has 0 unspecified atom stereocenters. The molecule has 0 aromatic heterocycles. The Hall–Kier alpha value is -1.81. The zero-order chi connectivity index (χ0) is 13.1. The molecule has 0 aliphatic heterocycles. The van der Waals surface area contributed by atoms with E-state index in [0.29, 0.717) is 23.2 Å². The van der Waals surface area contributed by atoms with Crippen LogP contribution in [-0.4, -0.2) is 7.05 Å². The lowest BCUT2D eigenvalue weighted by atomic mass is 10.0. The fourth-order valence-electron chi connectivity index (χ4n) is 1.76. The topological polar surface area (TPSA) is 12.0 Å². The third-order valence-corrected chi connectivity index (χ3v) is 2.67. The minimum atomic E-state index is -0.910. The van der Waals surface area contributed by atoms with Crippen LogP contribution in [0.4, 0.5) is 13.2 Å². The Labute approximate surface area is 103 Å². The summed E-state index contributed by atoms with van der Waals surface area (Å²) in [6.07, 6.45) is 0. The second kappa shape index (κ2) is 5.23. The minimum absolute atomic E-state index is 0.323. The van der Waals surface area contributed by atoms with Crippen LogP contribution in [0, 0.1) is 17.5 Å². The van der Waals surface area contributed by atoms with Crippen LogP contribution in [0.1, 0.15) is 5.56 Å². The second-order valence-electron chi connectivity index (χ2n) is 3.97. The van der Waals surface area contributed by atoms with Crippen molar-refractivity contribution in [1.82, 2.24) is 5.32 Å². The van der Waals surface area contributed by atoms with Crippen LogP contribution in [0.5, 0.6) is 0 Å². The van der Waals surface area contributed by atoms with Crippen molar-refractivity contribution < 1.29 is 13.2 Å². The van der Waals surface area contributed by atoms with Gasteiger partial charge in [-0.2, -0.15) is 0 Å². The quantitative estimate of drug-likeness (QED) is 0.880. The minimum Gasteiger partial charge on any atom is -0.316 e. The summed E-state index contributed by atoms with van der Waals surface area (Å²) in [7, 11) is 1.71. The van der Waals surface area contributed by atoms with E-state index in [9.17, 15) is 13.2 Å². The molecule has 0 saturated carbocycles. The van der Waals surface area contributed by atoms with Crippen LogP contribution in [0.25, 0.3) is 11.1 Å². The summed E-state index contributed by atoms with van der Waals surface area (Å²) in [6, 6.07) is 8.12. The molecule has 18 heavy (non-hydrogen) atoms. The predicted octanol–water partition coefficient (Wildman–Crippen LogP) is 3.49. The molecule has 94 valence electrons. The monoisotopic (exact) mass is 251 g/mol. The summed E-state index contributed by atoms with van der Waals surface area (Å²) in [5.41, 5.74) is 1.66. The van der Waals surface area contributed by atoms with Gasteiger partial charge >= 0.3 is 0 Å². The van der Waals surface area contributed by atoms with Crippen LogP contribution < -0.4 is 5.32 Å². The molecule has 0 heterocycles. The molecule has 0 aliphatic carbocycles. The summed E-state index contributed by atoms with van der Waals surface area (Å²) in [5.74, 6) is -2.13. The zero-order valence-corrected chi connectivity index (χ0v) is 9.81. The van der Waals surface area contributed by atoms with Gasteiger partial charge in [-0.15, -0.1) is 0 Å². The largest absolute Gasteiger partial charge is 0.316 e. The number of hydrogen-bond acceptors (Lipinski definition) is 1. The Bertz CT molecular complexity index is 567. The molecule has 0 saturated heterocycles. The van der Waals surface area contributed by atoms with Gasteiger partial charge in [-0.1, -0.05) is 12.1 Å². The number of halogens is 3. The SMILES string of the molecule is CNCc1cc(-c2ccc(F)c(F)c2)ccc1F. The molecule has 4 heteroatoms. The maximum atomic E-state index is 13.4. The van der Waals surface area contributed by atoms with Crippen molar-refractivity contribution >= 4 is 0 Å². The normalized spacial score (nSPS) is 10.7. The summed E-state index contributed by atoms with van der Waals surface area (Å²) in [6.45, 7) is 0.378. The van der Waals surface area contributed by atoms with E-state index >= 15 is 0 Å². The van der Waals surface area contributed by atoms with Gasteiger partial charge in [-0.3, -0.25) is 0 Å². The Morgan fingerprint density at radius 1 is 0.833 bits per heavy atom. The van der Waals surface area contributed by atoms with Gasteiger partial charge in [0.1, 0.15) is 5.82 Å². The number of rotatable bonds is 3. The van der Waals surface area contributed by atoms with Crippen molar-refractivity contribution in [1.29, 1.82) is 0 Å². The zero-order valence-electron chi connectivity index (χ0n) is 9.81. The van der Waals surface area contributed by atoms with Crippen LogP contribution in [0.15, 0.2) is 36.4 Å². The first kappa shape index (κ1) is 12.6. The van der Waals surface area contributed by atoms with Crippen molar-refractivity contribution in [2.24, 2.45) is 0 Å². The van der Waals surface area contributed by atoms with E-state index in [-0.39, 0.29) is 5.82 Å². The van der Waals surface area contributed by atoms with Gasteiger partial charge in [-0.05, 0) is 42.4 Å². The standard InChI is InChI=1S/C14H12F3N/c1-18-8-11-6-9(2-4-12(11)15)10-3-5-13(16)14(17)7-10/h2-7,18H,8H2,1H3. The van der Waals surface area contributed by atoms with Gasteiger partial charge in [-0.25, -0.2) is 13.2 Å². The molecule has 2 aromatic carbocycles. The lowest BCUT2D eigenvalue weighted by Crippen LogP contribution is -2.07. The van der Waals surface area contributed by atoms with E-state index in [4.69, 9.17) is 0 Å². The highest BCUT2D eigenvalue weighted by Gasteiger charge is 2.07. The first-order chi connectivity index (χ1) is 8.61. The van der Waals surface area contributed by atoms with Gasteiger partial charge in [0.05, 0.1) is 0 Å². The summed E-state index contributed by atoms with van der Waals surface area (Å²) in [5, 5.41) is 2.85. The molecule has 1 nitrogen and oxygen atoms in total. The fraction of sp³-hybridized carbons (Fsp3) is 0.143. The number of nitrogens with one attached hydrogen (secondary N) is 1. The molecule has 0 radical (unpaired) electrons. The summed E-state index contributed by atoms with van der Waals surface area (Å²) >= 11 is 0. The summed E-state index contributed by atoms with van der Waals surface area (Å²) < 4.78 is 39.4. The molecule has 2 aromatic rings. The van der Waals surface area contributed by atoms with Crippen molar-refractivity contribution in [2.45, 2.75) is 6.54 Å². The van der Waals surface area contributed by atoms with E-state index in [2.05, 4.69) is 5.32 Å². The lowest BCUT2D eigenvalue weighted by molar-refractivity contribution is 0.509. The van der Waals surface area contributed by atoms with E-state index in [1.807, 2.05) is 0 Å². The lowest BCUT2D eigenvalue weighted by Gasteiger charge is -2.07. The van der Waals surface area contributed by atoms with Crippen molar-refractivity contribution in [2.75, 3.05) is 7.05 Å². The number of benzene rings is 2. The predicted molar refractivity (Wildman–Crippen MR) is 64.5 cm³/mol. The van der Waals surface area contributed by atoms with E-state index in [0.717, 1.165) is 12.1 Å². The maximum Gasteiger partial charge on any atom is 0.159 e. The van der Waals surface area contributed by atoms with Gasteiger partial charge < -0.3 is 5.32 Å². The highest BCUT2D eigenvalue weighted by molar-refractivity contribution is 5.64.